The van der Waals surface area contributed by atoms with Gasteiger partial charge in [0.05, 0.1) is 23.8 Å². The van der Waals surface area contributed by atoms with Crippen molar-refractivity contribution in [2.45, 2.75) is 58.0 Å². The van der Waals surface area contributed by atoms with Crippen LogP contribution in [0.3, 0.4) is 0 Å². The summed E-state index contributed by atoms with van der Waals surface area (Å²) in [5.41, 5.74) is 1.23. The van der Waals surface area contributed by atoms with E-state index in [1.165, 1.54) is 24.2 Å². The molecule has 2 atom stereocenters. The quantitative estimate of drug-likeness (QED) is 0.712. The van der Waals surface area contributed by atoms with Crippen LogP contribution in [0.1, 0.15) is 82.9 Å². The molecule has 3 aliphatic rings. The molecule has 0 radical (unpaired) electrons. The molecule has 2 saturated heterocycles. The maximum Gasteiger partial charge on any atom is 0.261 e. The van der Waals surface area contributed by atoms with Gasteiger partial charge in [0.1, 0.15) is 0 Å². The van der Waals surface area contributed by atoms with E-state index in [2.05, 4.69) is 6.92 Å². The number of amides is 3. The van der Waals surface area contributed by atoms with Crippen LogP contribution in [0.4, 0.5) is 0 Å². The number of hydrogen-bond donors (Lipinski definition) is 0. The summed E-state index contributed by atoms with van der Waals surface area (Å²) in [7, 11) is 0. The Morgan fingerprint density at radius 1 is 1.07 bits per heavy atom. The van der Waals surface area contributed by atoms with Gasteiger partial charge in [-0.15, -0.1) is 0 Å². The Morgan fingerprint density at radius 2 is 1.90 bits per heavy atom. The molecule has 6 heteroatoms. The van der Waals surface area contributed by atoms with Crippen molar-refractivity contribution in [1.29, 1.82) is 0 Å². The molecule has 3 heterocycles. The molecule has 0 spiro atoms. The maximum atomic E-state index is 13.1. The van der Waals surface area contributed by atoms with E-state index in [1.54, 1.807) is 18.2 Å². The Labute approximate surface area is 172 Å². The zero-order valence-electron chi connectivity index (χ0n) is 17.2. The van der Waals surface area contributed by atoms with Gasteiger partial charge in [0.15, 0.2) is 0 Å². The van der Waals surface area contributed by atoms with Gasteiger partial charge < -0.3 is 9.64 Å². The average Bonchev–Trinajstić information content (AvgIpc) is 3.24. The van der Waals surface area contributed by atoms with Crippen LogP contribution in [-0.4, -0.2) is 59.9 Å². The van der Waals surface area contributed by atoms with Crippen molar-refractivity contribution in [3.63, 3.8) is 0 Å². The molecule has 0 bridgehead atoms. The standard InChI is InChI=1S/C23H30N2O4/c1-2-5-16-6-3-11-24(12-10-16)21(26)17-8-9-19-20(14-17)23(28)25(22(19)27)15-18-7-4-13-29-18/h8-9,14,16,18H,2-7,10-13,15H2,1H3. The van der Waals surface area contributed by atoms with E-state index in [1.807, 2.05) is 4.90 Å². The number of ether oxygens (including phenoxy) is 1. The summed E-state index contributed by atoms with van der Waals surface area (Å²) < 4.78 is 5.58. The molecule has 2 unspecified atom stereocenters. The molecule has 1 aromatic carbocycles. The van der Waals surface area contributed by atoms with E-state index in [-0.39, 0.29) is 23.8 Å². The lowest BCUT2D eigenvalue weighted by Gasteiger charge is -2.21. The Kier molecular flexibility index (Phi) is 5.99. The lowest BCUT2D eigenvalue weighted by molar-refractivity contribution is 0.0475. The maximum absolute atomic E-state index is 13.1. The molecule has 3 amide bonds. The number of fused-ring (bicyclic) bond motifs is 1. The van der Waals surface area contributed by atoms with Crippen molar-refractivity contribution >= 4 is 17.7 Å². The Balaban J connectivity index is 1.47. The van der Waals surface area contributed by atoms with Crippen LogP contribution in [0.2, 0.25) is 0 Å². The number of benzene rings is 1. The first-order valence-electron chi connectivity index (χ1n) is 11.0. The minimum Gasteiger partial charge on any atom is -0.376 e. The van der Waals surface area contributed by atoms with E-state index in [0.29, 0.717) is 35.8 Å². The van der Waals surface area contributed by atoms with Crippen molar-refractivity contribution < 1.29 is 19.1 Å². The van der Waals surface area contributed by atoms with Crippen LogP contribution in [-0.2, 0) is 4.74 Å². The summed E-state index contributed by atoms with van der Waals surface area (Å²) in [6, 6.07) is 4.94. The predicted octanol–water partition coefficient (Wildman–Crippen LogP) is 3.50. The molecule has 0 aromatic heterocycles. The largest absolute Gasteiger partial charge is 0.376 e. The Morgan fingerprint density at radius 3 is 2.66 bits per heavy atom. The molecule has 156 valence electrons. The summed E-state index contributed by atoms with van der Waals surface area (Å²) in [4.78, 5) is 41.8. The van der Waals surface area contributed by atoms with Crippen LogP contribution in [0.25, 0.3) is 0 Å². The van der Waals surface area contributed by atoms with E-state index in [4.69, 9.17) is 4.74 Å². The molecule has 0 saturated carbocycles. The molecule has 3 aliphatic heterocycles. The van der Waals surface area contributed by atoms with Crippen molar-refractivity contribution in [2.24, 2.45) is 5.92 Å². The first kappa shape index (κ1) is 20.1. The fourth-order valence-corrected chi connectivity index (χ4v) is 4.83. The van der Waals surface area contributed by atoms with Crippen LogP contribution >= 0.6 is 0 Å². The van der Waals surface area contributed by atoms with E-state index in [9.17, 15) is 14.4 Å². The fourth-order valence-electron chi connectivity index (χ4n) is 4.83. The molecule has 0 N–H and O–H groups in total. The topological polar surface area (TPSA) is 66.9 Å². The van der Waals surface area contributed by atoms with E-state index < -0.39 is 0 Å². The van der Waals surface area contributed by atoms with Gasteiger partial charge in [0.25, 0.3) is 17.7 Å². The summed E-state index contributed by atoms with van der Waals surface area (Å²) in [5, 5.41) is 0. The zero-order valence-corrected chi connectivity index (χ0v) is 17.2. The average molecular weight is 399 g/mol. The summed E-state index contributed by atoms with van der Waals surface area (Å²) in [6.45, 7) is 4.70. The third-order valence-corrected chi connectivity index (χ3v) is 6.46. The molecule has 1 aromatic rings. The van der Waals surface area contributed by atoms with Crippen molar-refractivity contribution in [2.75, 3.05) is 26.2 Å². The van der Waals surface area contributed by atoms with E-state index >= 15 is 0 Å². The van der Waals surface area contributed by atoms with Gasteiger partial charge in [-0.1, -0.05) is 19.8 Å². The van der Waals surface area contributed by atoms with Crippen LogP contribution in [0, 0.1) is 5.92 Å². The molecule has 29 heavy (non-hydrogen) atoms. The monoisotopic (exact) mass is 398 g/mol. The number of carbonyl (C=O) groups excluding carboxylic acids is 3. The lowest BCUT2D eigenvalue weighted by atomic mass is 9.96. The summed E-state index contributed by atoms with van der Waals surface area (Å²) >= 11 is 0. The zero-order chi connectivity index (χ0) is 20.4. The van der Waals surface area contributed by atoms with Crippen LogP contribution < -0.4 is 0 Å². The Hall–Kier alpha value is -2.21. The third kappa shape index (κ3) is 4.08. The van der Waals surface area contributed by atoms with Crippen molar-refractivity contribution in [3.05, 3.63) is 34.9 Å². The van der Waals surface area contributed by atoms with Crippen molar-refractivity contribution in [1.82, 2.24) is 9.80 Å². The second-order valence-electron chi connectivity index (χ2n) is 8.49. The van der Waals surface area contributed by atoms with Gasteiger partial charge in [-0.25, -0.2) is 0 Å². The second-order valence-corrected chi connectivity index (χ2v) is 8.49. The first-order chi connectivity index (χ1) is 14.1. The number of rotatable bonds is 5. The minimum atomic E-state index is -0.311. The number of likely N-dealkylation sites (tertiary alicyclic amines) is 1. The highest BCUT2D eigenvalue weighted by atomic mass is 16.5. The molecule has 4 rings (SSSR count). The molecule has 2 fully saturated rings. The van der Waals surface area contributed by atoms with Gasteiger partial charge in [-0.3, -0.25) is 19.3 Å². The van der Waals surface area contributed by atoms with Crippen molar-refractivity contribution in [3.8, 4) is 0 Å². The normalized spacial score (nSPS) is 24.7. The van der Waals surface area contributed by atoms with Gasteiger partial charge in [0, 0.05) is 25.3 Å². The minimum absolute atomic E-state index is 0.0391. The van der Waals surface area contributed by atoms with Gasteiger partial charge >= 0.3 is 0 Å². The highest BCUT2D eigenvalue weighted by Crippen LogP contribution is 2.27. The summed E-state index contributed by atoms with van der Waals surface area (Å²) in [5.74, 6) is 0.0665. The number of carbonyl (C=O) groups is 3. The van der Waals surface area contributed by atoms with E-state index in [0.717, 1.165) is 38.8 Å². The smallest absolute Gasteiger partial charge is 0.261 e. The highest BCUT2D eigenvalue weighted by molar-refractivity contribution is 6.22. The van der Waals surface area contributed by atoms with Gasteiger partial charge in [-0.2, -0.15) is 0 Å². The fraction of sp³-hybridized carbons (Fsp3) is 0.609. The summed E-state index contributed by atoms with van der Waals surface area (Å²) in [6.07, 6.45) is 7.39. The van der Waals surface area contributed by atoms with Gasteiger partial charge in [-0.05, 0) is 56.2 Å². The number of imide groups is 1. The van der Waals surface area contributed by atoms with Crippen LogP contribution in [0.15, 0.2) is 18.2 Å². The first-order valence-corrected chi connectivity index (χ1v) is 11.0. The molecule has 6 nitrogen and oxygen atoms in total. The highest BCUT2D eigenvalue weighted by Gasteiger charge is 2.38. The number of hydrogen-bond acceptors (Lipinski definition) is 4. The third-order valence-electron chi connectivity index (χ3n) is 6.46. The predicted molar refractivity (Wildman–Crippen MR) is 109 cm³/mol. The molecule has 0 aliphatic carbocycles. The van der Waals surface area contributed by atoms with Crippen LogP contribution in [0.5, 0.6) is 0 Å². The Bertz CT molecular complexity index is 800. The molecular weight excluding hydrogens is 368 g/mol. The van der Waals surface area contributed by atoms with Gasteiger partial charge in [0.2, 0.25) is 0 Å². The lowest BCUT2D eigenvalue weighted by Crippen LogP contribution is -2.36. The number of nitrogens with zero attached hydrogens (tertiary/aromatic N) is 2. The molecular formula is C23H30N2O4. The SMILES string of the molecule is CCCC1CCCN(C(=O)c2ccc3c(c2)C(=O)N(CC2CCCO2)C3=O)CC1. The second kappa shape index (κ2) is 8.66.